The fourth-order valence-corrected chi connectivity index (χ4v) is 4.08. The van der Waals surface area contributed by atoms with Crippen molar-refractivity contribution in [1.29, 1.82) is 0 Å². The number of rotatable bonds is 3. The van der Waals surface area contributed by atoms with Crippen molar-refractivity contribution in [1.82, 2.24) is 15.1 Å². The van der Waals surface area contributed by atoms with E-state index in [1.165, 1.54) is 4.90 Å². The van der Waals surface area contributed by atoms with Crippen molar-refractivity contribution in [3.63, 3.8) is 0 Å². The summed E-state index contributed by atoms with van der Waals surface area (Å²) in [5.41, 5.74) is -0.829. The van der Waals surface area contributed by atoms with Crippen LogP contribution in [0.5, 0.6) is 0 Å². The second-order valence-corrected chi connectivity index (χ2v) is 7.67. The lowest BCUT2D eigenvalue weighted by Gasteiger charge is -2.43. The lowest BCUT2D eigenvalue weighted by molar-refractivity contribution is -0.140. The zero-order chi connectivity index (χ0) is 16.7. The molecule has 0 aromatic rings. The molecule has 0 aromatic heterocycles. The van der Waals surface area contributed by atoms with Crippen molar-refractivity contribution in [3.05, 3.63) is 0 Å². The Morgan fingerprint density at radius 3 is 2.55 bits per heavy atom. The molecular weight excluding hydrogens is 282 g/mol. The predicted octanol–water partition coefficient (Wildman–Crippen LogP) is 1.60. The van der Waals surface area contributed by atoms with Gasteiger partial charge in [-0.25, -0.2) is 4.79 Å². The Morgan fingerprint density at radius 1 is 1.36 bits per heavy atom. The highest BCUT2D eigenvalue weighted by atomic mass is 16.2. The molecule has 2 fully saturated rings. The van der Waals surface area contributed by atoms with Gasteiger partial charge in [0.05, 0.1) is 0 Å². The molecule has 2 rings (SSSR count). The van der Waals surface area contributed by atoms with E-state index in [0.717, 1.165) is 11.3 Å². The first-order valence-electron chi connectivity index (χ1n) is 7.98. The van der Waals surface area contributed by atoms with Crippen molar-refractivity contribution in [2.24, 2.45) is 11.3 Å². The third-order valence-corrected chi connectivity index (χ3v) is 4.82. The summed E-state index contributed by atoms with van der Waals surface area (Å²) in [6.45, 7) is 8.60. The maximum Gasteiger partial charge on any atom is 0.325 e. The number of carbonyl (C=O) groups is 3. The van der Waals surface area contributed by atoms with Crippen LogP contribution < -0.4 is 5.32 Å². The average Bonchev–Trinajstić information content (AvgIpc) is 2.59. The van der Waals surface area contributed by atoms with Crippen molar-refractivity contribution < 1.29 is 14.4 Å². The largest absolute Gasteiger partial charge is 0.344 e. The van der Waals surface area contributed by atoms with Crippen LogP contribution >= 0.6 is 0 Å². The number of amides is 4. The Bertz CT molecular complexity index is 503. The highest BCUT2D eigenvalue weighted by Crippen LogP contribution is 2.46. The van der Waals surface area contributed by atoms with Crippen LogP contribution in [0.15, 0.2) is 0 Å². The maximum atomic E-state index is 12.8. The van der Waals surface area contributed by atoms with Crippen molar-refractivity contribution >= 4 is 17.8 Å². The van der Waals surface area contributed by atoms with E-state index in [-0.39, 0.29) is 23.8 Å². The van der Waals surface area contributed by atoms with Gasteiger partial charge in [0.15, 0.2) is 0 Å². The molecule has 6 nitrogen and oxygen atoms in total. The fourth-order valence-electron chi connectivity index (χ4n) is 4.08. The molecule has 0 radical (unpaired) electrons. The Balaban J connectivity index is 2.19. The molecule has 1 saturated heterocycles. The number of imide groups is 1. The smallest absolute Gasteiger partial charge is 0.325 e. The minimum atomic E-state index is -0.830. The van der Waals surface area contributed by atoms with E-state index in [1.807, 2.05) is 6.92 Å². The first-order valence-corrected chi connectivity index (χ1v) is 7.98. The van der Waals surface area contributed by atoms with Gasteiger partial charge in [-0.05, 0) is 37.5 Å². The van der Waals surface area contributed by atoms with Gasteiger partial charge < -0.3 is 10.2 Å². The van der Waals surface area contributed by atoms with E-state index in [1.54, 1.807) is 7.05 Å². The number of hydrogen-bond acceptors (Lipinski definition) is 3. The maximum absolute atomic E-state index is 12.8. The Hall–Kier alpha value is -1.59. The monoisotopic (exact) mass is 309 g/mol. The molecule has 1 spiro atoms. The standard InChI is InChI=1S/C16H27N3O3/c1-6-18(5)12(20)9-19-13(21)16(17-14(19)22)8-11(2)7-15(3,4)10-16/h11H,6-10H2,1-5H3,(H,17,22). The summed E-state index contributed by atoms with van der Waals surface area (Å²) >= 11 is 0. The van der Waals surface area contributed by atoms with Gasteiger partial charge in [0, 0.05) is 13.6 Å². The number of likely N-dealkylation sites (N-methyl/N-ethyl adjacent to an activating group) is 1. The number of nitrogens with one attached hydrogen (secondary N) is 1. The van der Waals surface area contributed by atoms with Gasteiger partial charge in [0.1, 0.15) is 12.1 Å². The predicted molar refractivity (Wildman–Crippen MR) is 83.1 cm³/mol. The molecule has 22 heavy (non-hydrogen) atoms. The second kappa shape index (κ2) is 5.56. The van der Waals surface area contributed by atoms with Gasteiger partial charge in [-0.15, -0.1) is 0 Å². The summed E-state index contributed by atoms with van der Waals surface area (Å²) < 4.78 is 0. The first kappa shape index (κ1) is 16.8. The van der Waals surface area contributed by atoms with Crippen molar-refractivity contribution in [2.45, 2.75) is 52.5 Å². The Morgan fingerprint density at radius 2 is 2.00 bits per heavy atom. The van der Waals surface area contributed by atoms with Crippen LogP contribution in [-0.4, -0.2) is 53.3 Å². The molecular formula is C16H27N3O3. The molecule has 0 aromatic carbocycles. The zero-order valence-electron chi connectivity index (χ0n) is 14.2. The third-order valence-electron chi connectivity index (χ3n) is 4.82. The number of nitrogens with zero attached hydrogens (tertiary/aromatic N) is 2. The summed E-state index contributed by atoms with van der Waals surface area (Å²) in [5, 5.41) is 2.88. The second-order valence-electron chi connectivity index (χ2n) is 7.67. The van der Waals surface area contributed by atoms with Crippen LogP contribution in [0.4, 0.5) is 4.79 Å². The van der Waals surface area contributed by atoms with E-state index < -0.39 is 11.6 Å². The van der Waals surface area contributed by atoms with Gasteiger partial charge in [-0.3, -0.25) is 14.5 Å². The van der Waals surface area contributed by atoms with Crippen LogP contribution in [0, 0.1) is 11.3 Å². The molecule has 1 aliphatic carbocycles. The molecule has 2 atom stereocenters. The average molecular weight is 309 g/mol. The molecule has 6 heteroatoms. The molecule has 1 aliphatic heterocycles. The lowest BCUT2D eigenvalue weighted by Crippen LogP contribution is -2.54. The highest BCUT2D eigenvalue weighted by Gasteiger charge is 2.56. The SMILES string of the molecule is CCN(C)C(=O)CN1C(=O)NC2(CC(C)CC(C)(C)C2)C1=O. The molecule has 1 N–H and O–H groups in total. The summed E-state index contributed by atoms with van der Waals surface area (Å²) in [6, 6.07) is -0.437. The highest BCUT2D eigenvalue weighted by molar-refractivity contribution is 6.09. The summed E-state index contributed by atoms with van der Waals surface area (Å²) in [7, 11) is 1.67. The van der Waals surface area contributed by atoms with Crippen LogP contribution in [0.25, 0.3) is 0 Å². The number of urea groups is 1. The van der Waals surface area contributed by atoms with Crippen LogP contribution in [0.1, 0.15) is 47.0 Å². The van der Waals surface area contributed by atoms with Crippen molar-refractivity contribution in [2.75, 3.05) is 20.1 Å². The molecule has 2 aliphatic rings. The third kappa shape index (κ3) is 2.96. The Kier molecular flexibility index (Phi) is 4.24. The summed E-state index contributed by atoms with van der Waals surface area (Å²) in [5.74, 6) is -0.0943. The number of carbonyl (C=O) groups excluding carboxylic acids is 3. The minimum absolute atomic E-state index is 0.000829. The molecule has 2 unspecified atom stereocenters. The summed E-state index contributed by atoms with van der Waals surface area (Å²) in [6.07, 6.45) is 2.31. The lowest BCUT2D eigenvalue weighted by atomic mass is 9.64. The first-order chi connectivity index (χ1) is 10.1. The van der Waals surface area contributed by atoms with Crippen molar-refractivity contribution in [3.8, 4) is 0 Å². The normalized spacial score (nSPS) is 30.6. The van der Waals surface area contributed by atoms with Gasteiger partial charge >= 0.3 is 6.03 Å². The molecule has 0 bridgehead atoms. The van der Waals surface area contributed by atoms with Gasteiger partial charge in [-0.1, -0.05) is 20.8 Å². The number of hydrogen-bond donors (Lipinski definition) is 1. The van der Waals surface area contributed by atoms with E-state index in [9.17, 15) is 14.4 Å². The van der Waals surface area contributed by atoms with E-state index in [0.29, 0.717) is 25.3 Å². The molecule has 4 amide bonds. The van der Waals surface area contributed by atoms with Gasteiger partial charge in [0.25, 0.3) is 5.91 Å². The Labute approximate surface area is 132 Å². The molecule has 124 valence electrons. The minimum Gasteiger partial charge on any atom is -0.344 e. The molecule has 1 saturated carbocycles. The summed E-state index contributed by atoms with van der Waals surface area (Å²) in [4.78, 5) is 39.7. The van der Waals surface area contributed by atoms with E-state index in [4.69, 9.17) is 0 Å². The fraction of sp³-hybridized carbons (Fsp3) is 0.812. The van der Waals surface area contributed by atoms with Gasteiger partial charge in [-0.2, -0.15) is 0 Å². The van der Waals surface area contributed by atoms with Gasteiger partial charge in [0.2, 0.25) is 5.91 Å². The van der Waals surface area contributed by atoms with Crippen LogP contribution in [0.3, 0.4) is 0 Å². The van der Waals surface area contributed by atoms with Crippen LogP contribution in [-0.2, 0) is 9.59 Å². The quantitative estimate of drug-likeness (QED) is 0.805. The van der Waals surface area contributed by atoms with E-state index in [2.05, 4.69) is 26.1 Å². The van der Waals surface area contributed by atoms with Crippen LogP contribution in [0.2, 0.25) is 0 Å². The topological polar surface area (TPSA) is 69.7 Å². The zero-order valence-corrected chi connectivity index (χ0v) is 14.2. The van der Waals surface area contributed by atoms with E-state index >= 15 is 0 Å². The molecule has 1 heterocycles.